The fourth-order valence-corrected chi connectivity index (χ4v) is 10.4. The minimum atomic E-state index is -1.62. The van der Waals surface area contributed by atoms with Crippen molar-refractivity contribution in [2.45, 2.75) is 220 Å². The van der Waals surface area contributed by atoms with Crippen molar-refractivity contribution in [3.63, 3.8) is 0 Å². The molecule has 498 valence electrons. The first-order chi connectivity index (χ1) is 41.8. The number of aliphatic hydroxyl groups excluding tert-OH is 1. The van der Waals surface area contributed by atoms with Crippen LogP contribution in [0.5, 0.6) is 0 Å². The molecular weight excluding hydrogens is 1150 g/mol. The van der Waals surface area contributed by atoms with Gasteiger partial charge in [-0.15, -0.1) is 0 Å². The van der Waals surface area contributed by atoms with Crippen molar-refractivity contribution in [3.05, 3.63) is 36.0 Å². The Balaban J connectivity index is 1.98. The lowest BCUT2D eigenvalue weighted by Gasteiger charge is -2.30. The van der Waals surface area contributed by atoms with Gasteiger partial charge in [0, 0.05) is 43.0 Å². The Labute approximate surface area is 521 Å². The Bertz CT molecular complexity index is 2770. The molecular formula is C61H101N15O13. The van der Waals surface area contributed by atoms with Gasteiger partial charge in [-0.2, -0.15) is 0 Å². The standard InChI is InChI=1S/C61H101N15O13/c1-12-34(9)48(63)59(87)76-25-17-21-46(76)57(85)73-45(29-37-30-67-39-19-15-14-18-38(37)39)55(83)69-41(22-23-47(62)78)52(80)68-40(20-16-24-66-61(64)65)51(79)70-42(26-31(3)4)53(81)71-43(27-32(5)6)54(82)72-44(28-33(7)8)56(84)75-50(36(11)77)58(86)74-49(60(88)89)35(10)13-2/h14-15,18-19,30-36,40-46,48-50,67,77H,12-13,16-17,20-29,63H2,1-11H3,(H2,62,78)(H,68,80)(H,69,83)(H,70,79)(H,71,81)(H,72,82)(H,73,85)(H,74,86)(H,75,84)(H,88,89)(H4,64,65,66)/t34-,35-,36+,40-,41-,42-,43-,44-,45-,46-,48-,49-,50-/m0/s1. The van der Waals surface area contributed by atoms with Crippen LogP contribution in [0.15, 0.2) is 35.5 Å². The summed E-state index contributed by atoms with van der Waals surface area (Å²) in [7, 11) is 0. The van der Waals surface area contributed by atoms with Gasteiger partial charge in [-0.3, -0.25) is 52.9 Å². The second-order valence-corrected chi connectivity index (χ2v) is 24.8. The Kier molecular flexibility index (Phi) is 31.0. The number of fused-ring (bicyclic) bond motifs is 1. The van der Waals surface area contributed by atoms with Crippen molar-refractivity contribution < 1.29 is 63.0 Å². The molecule has 0 saturated carbocycles. The van der Waals surface area contributed by atoms with Crippen LogP contribution in [0.2, 0.25) is 0 Å². The van der Waals surface area contributed by atoms with Crippen LogP contribution >= 0.6 is 0 Å². The molecule has 1 aliphatic heterocycles. The number of hydrogen-bond donors (Lipinski definition) is 15. The lowest BCUT2D eigenvalue weighted by molar-refractivity contribution is -0.144. The summed E-state index contributed by atoms with van der Waals surface area (Å²) in [6, 6.07) is -5.82. The van der Waals surface area contributed by atoms with E-state index in [9.17, 15) is 63.0 Å². The lowest BCUT2D eigenvalue weighted by atomic mass is 9.97. The normalized spacial score (nSPS) is 17.3. The maximum atomic E-state index is 14.7. The monoisotopic (exact) mass is 1250 g/mol. The lowest BCUT2D eigenvalue weighted by Crippen LogP contribution is -2.61. The van der Waals surface area contributed by atoms with Crippen LogP contribution in [0.25, 0.3) is 10.9 Å². The van der Waals surface area contributed by atoms with Gasteiger partial charge < -0.3 is 85.6 Å². The number of nitrogens with zero attached hydrogens (tertiary/aromatic N) is 2. The van der Waals surface area contributed by atoms with E-state index in [1.807, 2.05) is 32.0 Å². The van der Waals surface area contributed by atoms with E-state index in [4.69, 9.17) is 22.9 Å². The van der Waals surface area contributed by atoms with Gasteiger partial charge in [-0.1, -0.05) is 100 Å². The third-order valence-corrected chi connectivity index (χ3v) is 15.9. The number of likely N-dealkylation sites (tertiary alicyclic amines) is 1. The van der Waals surface area contributed by atoms with Crippen molar-refractivity contribution in [3.8, 4) is 0 Å². The molecule has 1 fully saturated rings. The third-order valence-electron chi connectivity index (χ3n) is 15.9. The summed E-state index contributed by atoms with van der Waals surface area (Å²) in [5.74, 6) is -10.8. The number of H-pyrrole nitrogens is 1. The van der Waals surface area contributed by atoms with Gasteiger partial charge in [-0.25, -0.2) is 4.79 Å². The van der Waals surface area contributed by atoms with E-state index in [0.717, 1.165) is 10.9 Å². The molecule has 89 heavy (non-hydrogen) atoms. The molecule has 2 aromatic rings. The number of nitrogens with one attached hydrogen (secondary N) is 9. The van der Waals surface area contributed by atoms with Crippen LogP contribution in [-0.4, -0.2) is 171 Å². The number of aliphatic hydroxyl groups is 1. The number of carbonyl (C=O) groups is 11. The fraction of sp³-hybridized carbons (Fsp3) is 0.672. The Morgan fingerprint density at radius 2 is 1.09 bits per heavy atom. The summed E-state index contributed by atoms with van der Waals surface area (Å²) in [6.45, 7) is 19.3. The number of benzene rings is 1. The van der Waals surface area contributed by atoms with E-state index in [1.54, 1.807) is 67.7 Å². The number of carboxylic acid groups (broad SMARTS) is 1. The zero-order valence-corrected chi connectivity index (χ0v) is 53.6. The summed E-state index contributed by atoms with van der Waals surface area (Å²) in [6.07, 6.45) is 1.21. The number of aliphatic carboxylic acids is 1. The number of para-hydroxylation sites is 1. The van der Waals surface area contributed by atoms with E-state index < -0.39 is 144 Å². The highest BCUT2D eigenvalue weighted by Crippen LogP contribution is 2.23. The maximum absolute atomic E-state index is 14.7. The molecule has 0 unspecified atom stereocenters. The average molecular weight is 1250 g/mol. The summed E-state index contributed by atoms with van der Waals surface area (Å²) in [5.41, 5.74) is 24.5. The predicted octanol–water partition coefficient (Wildman–Crippen LogP) is -0.0779. The predicted molar refractivity (Wildman–Crippen MR) is 335 cm³/mol. The number of aromatic amines is 1. The molecule has 0 radical (unpaired) electrons. The molecule has 13 atom stereocenters. The van der Waals surface area contributed by atoms with Gasteiger partial charge in [0.15, 0.2) is 5.96 Å². The van der Waals surface area contributed by atoms with E-state index in [2.05, 4.69) is 52.5 Å². The Hall–Kier alpha value is -7.88. The van der Waals surface area contributed by atoms with Gasteiger partial charge in [0.2, 0.25) is 59.1 Å². The van der Waals surface area contributed by atoms with Crippen molar-refractivity contribution in [2.75, 3.05) is 13.1 Å². The number of hydrogen-bond acceptors (Lipinski definition) is 14. The number of rotatable bonds is 38. The number of carboxylic acids is 1. The van der Waals surface area contributed by atoms with Crippen LogP contribution in [0.1, 0.15) is 152 Å². The van der Waals surface area contributed by atoms with Gasteiger partial charge >= 0.3 is 5.97 Å². The van der Waals surface area contributed by atoms with Gasteiger partial charge in [0.1, 0.15) is 54.4 Å². The van der Waals surface area contributed by atoms with Crippen LogP contribution in [0.3, 0.4) is 0 Å². The van der Waals surface area contributed by atoms with E-state index in [-0.39, 0.29) is 87.7 Å². The topological polar surface area (TPSA) is 460 Å². The van der Waals surface area contributed by atoms with Crippen LogP contribution < -0.4 is 65.5 Å². The SMILES string of the molecule is CC[C@H](C)[C@H](N)C(=O)N1CCC[C@H]1C(=O)N[C@@H](Cc1c[nH]c2ccccc12)C(=O)N[C@@H](CCC(N)=O)C(=O)N[C@@H](CCCN=C(N)N)C(=O)N[C@@H](CC(C)C)C(=O)N[C@@H](CC(C)C)C(=O)N[C@@H](CC(C)C)C(=O)N[C@H](C(=O)N[C@H](C(=O)O)[C@@H](C)CC)[C@@H](C)O. The average Bonchev–Trinajstić information content (AvgIpc) is 2.92. The summed E-state index contributed by atoms with van der Waals surface area (Å²) in [4.78, 5) is 161. The molecule has 28 heteroatoms. The summed E-state index contributed by atoms with van der Waals surface area (Å²) < 4.78 is 0. The second kappa shape index (κ2) is 36.6. The van der Waals surface area contributed by atoms with Crippen molar-refractivity contribution in [1.29, 1.82) is 0 Å². The molecule has 0 aliphatic carbocycles. The highest BCUT2D eigenvalue weighted by atomic mass is 16.4. The van der Waals surface area contributed by atoms with Crippen LogP contribution in [0, 0.1) is 29.6 Å². The summed E-state index contributed by atoms with van der Waals surface area (Å²) >= 11 is 0. The second-order valence-electron chi connectivity index (χ2n) is 24.8. The number of guanidine groups is 1. The smallest absolute Gasteiger partial charge is 0.326 e. The fourth-order valence-electron chi connectivity index (χ4n) is 10.4. The first-order valence-electron chi connectivity index (χ1n) is 31.1. The number of carbonyl (C=O) groups excluding carboxylic acids is 10. The first-order valence-corrected chi connectivity index (χ1v) is 31.1. The van der Waals surface area contributed by atoms with Gasteiger partial charge in [0.05, 0.1) is 12.1 Å². The van der Waals surface area contributed by atoms with E-state index in [1.165, 1.54) is 11.8 Å². The van der Waals surface area contributed by atoms with Crippen LogP contribution in [0.4, 0.5) is 0 Å². The maximum Gasteiger partial charge on any atom is 0.326 e. The molecule has 1 aromatic heterocycles. The number of aromatic nitrogens is 1. The largest absolute Gasteiger partial charge is 0.480 e. The number of aliphatic imine (C=N–C) groups is 1. The zero-order valence-electron chi connectivity index (χ0n) is 53.6. The number of nitrogens with two attached hydrogens (primary N) is 4. The molecule has 3 rings (SSSR count). The molecule has 0 bridgehead atoms. The van der Waals surface area contributed by atoms with Crippen molar-refractivity contribution in [1.82, 2.24) is 52.4 Å². The van der Waals surface area contributed by atoms with Gasteiger partial charge in [0.25, 0.3) is 0 Å². The summed E-state index contributed by atoms with van der Waals surface area (Å²) in [5, 5.41) is 42.4. The number of amides is 10. The van der Waals surface area contributed by atoms with E-state index >= 15 is 0 Å². The number of primary amides is 1. The molecule has 0 spiro atoms. The molecule has 28 nitrogen and oxygen atoms in total. The third kappa shape index (κ3) is 24.2. The quantitative estimate of drug-likeness (QED) is 0.0238. The molecule has 10 amide bonds. The first kappa shape index (κ1) is 75.4. The Morgan fingerprint density at radius 3 is 1.57 bits per heavy atom. The molecule has 2 heterocycles. The van der Waals surface area contributed by atoms with Crippen LogP contribution in [-0.2, 0) is 59.2 Å². The molecule has 1 aliphatic rings. The van der Waals surface area contributed by atoms with Gasteiger partial charge in [-0.05, 0) is 99.5 Å². The van der Waals surface area contributed by atoms with Crippen molar-refractivity contribution in [2.24, 2.45) is 57.5 Å². The highest BCUT2D eigenvalue weighted by molar-refractivity contribution is 5.99. The minimum Gasteiger partial charge on any atom is -0.480 e. The molecule has 19 N–H and O–H groups in total. The molecule has 1 saturated heterocycles. The Morgan fingerprint density at radius 1 is 0.618 bits per heavy atom. The molecule has 1 aromatic carbocycles. The zero-order chi connectivity index (χ0) is 67.0. The minimum absolute atomic E-state index is 0.000650. The van der Waals surface area contributed by atoms with Crippen molar-refractivity contribution >= 4 is 81.9 Å². The van der Waals surface area contributed by atoms with E-state index in [0.29, 0.717) is 31.2 Å². The highest BCUT2D eigenvalue weighted by Gasteiger charge is 2.41.